The molecule has 6 nitrogen and oxygen atoms in total. The number of nitrogens with zero attached hydrogens (tertiary/aromatic N) is 4. The molecule has 18 heavy (non-hydrogen) atoms. The fraction of sp³-hybridized carbons (Fsp3) is 0.500. The Balaban J connectivity index is 2.03. The first-order valence-corrected chi connectivity index (χ1v) is 6.04. The molecule has 0 saturated heterocycles. The van der Waals surface area contributed by atoms with Crippen LogP contribution in [0.5, 0.6) is 0 Å². The number of aryl methyl sites for hydroxylation is 1. The Labute approximate surface area is 106 Å². The summed E-state index contributed by atoms with van der Waals surface area (Å²) in [5.41, 5.74) is 1.00. The van der Waals surface area contributed by atoms with Crippen LogP contribution >= 0.6 is 0 Å². The lowest BCUT2D eigenvalue weighted by Crippen LogP contribution is -2.24. The van der Waals surface area contributed by atoms with Crippen LogP contribution in [0, 0.1) is 6.92 Å². The molecule has 1 atom stereocenters. The second-order valence-electron chi connectivity index (χ2n) is 4.29. The minimum absolute atomic E-state index is 0.427. The Hall–Kier alpha value is -1.82. The number of nitrogens with one attached hydrogen (secondary N) is 1. The van der Waals surface area contributed by atoms with Gasteiger partial charge in [-0.25, -0.2) is 9.97 Å². The summed E-state index contributed by atoms with van der Waals surface area (Å²) >= 11 is 0. The zero-order chi connectivity index (χ0) is 13.0. The third-order valence-electron chi connectivity index (χ3n) is 2.66. The number of hydrogen-bond acceptors (Lipinski definition) is 6. The van der Waals surface area contributed by atoms with Gasteiger partial charge in [0.05, 0.1) is 6.54 Å². The van der Waals surface area contributed by atoms with E-state index in [0.717, 1.165) is 12.0 Å². The molecule has 1 N–H and O–H groups in total. The molecule has 0 aromatic carbocycles. The van der Waals surface area contributed by atoms with E-state index >= 15 is 0 Å². The van der Waals surface area contributed by atoms with Crippen LogP contribution in [0.3, 0.4) is 0 Å². The first-order valence-electron chi connectivity index (χ1n) is 6.04. The summed E-state index contributed by atoms with van der Waals surface area (Å²) in [4.78, 5) is 12.6. The Morgan fingerprint density at radius 3 is 2.67 bits per heavy atom. The van der Waals surface area contributed by atoms with Gasteiger partial charge in [0.2, 0.25) is 17.5 Å². The van der Waals surface area contributed by atoms with Gasteiger partial charge in [-0.3, -0.25) is 0 Å². The van der Waals surface area contributed by atoms with Gasteiger partial charge in [-0.05, 0) is 25.8 Å². The second-order valence-corrected chi connectivity index (χ2v) is 4.29. The van der Waals surface area contributed by atoms with Crippen molar-refractivity contribution in [2.45, 2.75) is 39.8 Å². The van der Waals surface area contributed by atoms with Crippen molar-refractivity contribution in [3.8, 4) is 11.6 Å². The predicted octanol–water partition coefficient (Wildman–Crippen LogP) is 1.72. The van der Waals surface area contributed by atoms with Crippen LogP contribution in [-0.4, -0.2) is 26.2 Å². The van der Waals surface area contributed by atoms with Gasteiger partial charge < -0.3 is 9.84 Å². The van der Waals surface area contributed by atoms with Crippen molar-refractivity contribution in [2.75, 3.05) is 0 Å². The largest absolute Gasteiger partial charge is 0.337 e. The maximum atomic E-state index is 5.14. The molecule has 0 aliphatic rings. The quantitative estimate of drug-likeness (QED) is 0.867. The fourth-order valence-electron chi connectivity index (χ4n) is 1.33. The molecule has 0 bridgehead atoms. The van der Waals surface area contributed by atoms with Crippen molar-refractivity contribution in [3.05, 3.63) is 23.8 Å². The zero-order valence-corrected chi connectivity index (χ0v) is 10.8. The Morgan fingerprint density at radius 2 is 2.00 bits per heavy atom. The second kappa shape index (κ2) is 5.68. The molecule has 0 amide bonds. The van der Waals surface area contributed by atoms with Gasteiger partial charge in [0.1, 0.15) is 0 Å². The maximum Gasteiger partial charge on any atom is 0.241 e. The molecule has 0 aliphatic heterocycles. The highest BCUT2D eigenvalue weighted by atomic mass is 16.5. The molecule has 0 aliphatic carbocycles. The van der Waals surface area contributed by atoms with E-state index in [2.05, 4.69) is 39.3 Å². The van der Waals surface area contributed by atoms with Gasteiger partial charge in [-0.2, -0.15) is 4.98 Å². The maximum absolute atomic E-state index is 5.14. The normalized spacial score (nSPS) is 12.6. The molecule has 2 aromatic rings. The van der Waals surface area contributed by atoms with E-state index < -0.39 is 0 Å². The molecular weight excluding hydrogens is 230 g/mol. The zero-order valence-electron chi connectivity index (χ0n) is 10.8. The van der Waals surface area contributed by atoms with Crippen molar-refractivity contribution < 1.29 is 4.52 Å². The first kappa shape index (κ1) is 12.6. The molecule has 0 saturated carbocycles. The molecular formula is C12H17N5O. The lowest BCUT2D eigenvalue weighted by molar-refractivity contribution is 0.358. The minimum Gasteiger partial charge on any atom is -0.337 e. The molecule has 0 radical (unpaired) electrons. The summed E-state index contributed by atoms with van der Waals surface area (Å²) in [5.74, 6) is 1.46. The Kier molecular flexibility index (Phi) is 3.99. The van der Waals surface area contributed by atoms with Crippen LogP contribution in [-0.2, 0) is 6.54 Å². The van der Waals surface area contributed by atoms with E-state index in [0.29, 0.717) is 30.1 Å². The third kappa shape index (κ3) is 3.10. The van der Waals surface area contributed by atoms with Gasteiger partial charge in [0.25, 0.3) is 0 Å². The van der Waals surface area contributed by atoms with Gasteiger partial charge in [0.15, 0.2) is 0 Å². The van der Waals surface area contributed by atoms with E-state index in [1.54, 1.807) is 12.4 Å². The molecule has 6 heteroatoms. The molecule has 2 rings (SSSR count). The standard InChI is InChI=1S/C12H17N5O/c1-4-9(3)13-7-10-16-12(17-18-10)11-14-5-8(2)6-15-11/h5-6,9,13H,4,7H2,1-3H3. The summed E-state index contributed by atoms with van der Waals surface area (Å²) in [7, 11) is 0. The predicted molar refractivity (Wildman–Crippen MR) is 66.7 cm³/mol. The molecule has 0 fully saturated rings. The molecule has 2 aromatic heterocycles. The fourth-order valence-corrected chi connectivity index (χ4v) is 1.33. The smallest absolute Gasteiger partial charge is 0.241 e. The summed E-state index contributed by atoms with van der Waals surface area (Å²) in [5, 5.41) is 7.15. The average Bonchev–Trinajstić information content (AvgIpc) is 2.85. The molecule has 0 spiro atoms. The lowest BCUT2D eigenvalue weighted by atomic mass is 10.3. The average molecular weight is 247 g/mol. The number of rotatable bonds is 5. The van der Waals surface area contributed by atoms with E-state index in [-0.39, 0.29) is 0 Å². The van der Waals surface area contributed by atoms with E-state index in [9.17, 15) is 0 Å². The summed E-state index contributed by atoms with van der Waals surface area (Å²) in [6.07, 6.45) is 4.52. The number of hydrogen-bond donors (Lipinski definition) is 1. The Morgan fingerprint density at radius 1 is 1.28 bits per heavy atom. The molecule has 96 valence electrons. The van der Waals surface area contributed by atoms with Crippen LogP contribution in [0.4, 0.5) is 0 Å². The van der Waals surface area contributed by atoms with Gasteiger partial charge in [-0.15, -0.1) is 0 Å². The van der Waals surface area contributed by atoms with Crippen molar-refractivity contribution in [1.82, 2.24) is 25.4 Å². The van der Waals surface area contributed by atoms with E-state index in [1.165, 1.54) is 0 Å². The summed E-state index contributed by atoms with van der Waals surface area (Å²) in [6.45, 7) is 6.73. The van der Waals surface area contributed by atoms with Gasteiger partial charge >= 0.3 is 0 Å². The van der Waals surface area contributed by atoms with Crippen molar-refractivity contribution in [2.24, 2.45) is 0 Å². The SMILES string of the molecule is CCC(C)NCc1nc(-c2ncc(C)cn2)no1. The van der Waals surface area contributed by atoms with Crippen molar-refractivity contribution >= 4 is 0 Å². The van der Waals surface area contributed by atoms with Gasteiger partial charge in [0, 0.05) is 18.4 Å². The van der Waals surface area contributed by atoms with Crippen molar-refractivity contribution in [3.63, 3.8) is 0 Å². The molecule has 2 heterocycles. The van der Waals surface area contributed by atoms with E-state index in [1.807, 2.05) is 6.92 Å². The van der Waals surface area contributed by atoms with E-state index in [4.69, 9.17) is 4.52 Å². The molecule has 1 unspecified atom stereocenters. The Bertz CT molecular complexity index is 493. The highest BCUT2D eigenvalue weighted by Crippen LogP contribution is 2.10. The third-order valence-corrected chi connectivity index (χ3v) is 2.66. The summed E-state index contributed by atoms with van der Waals surface area (Å²) < 4.78 is 5.14. The van der Waals surface area contributed by atoms with Crippen molar-refractivity contribution in [1.29, 1.82) is 0 Å². The van der Waals surface area contributed by atoms with Gasteiger partial charge in [-0.1, -0.05) is 12.1 Å². The first-order chi connectivity index (χ1) is 8.69. The highest BCUT2D eigenvalue weighted by molar-refractivity contribution is 5.40. The lowest BCUT2D eigenvalue weighted by Gasteiger charge is -2.07. The topological polar surface area (TPSA) is 76.7 Å². The van der Waals surface area contributed by atoms with Crippen LogP contribution in [0.1, 0.15) is 31.7 Å². The van der Waals surface area contributed by atoms with Crippen LogP contribution in [0.2, 0.25) is 0 Å². The number of aromatic nitrogens is 4. The summed E-state index contributed by atoms with van der Waals surface area (Å²) in [6, 6.07) is 0.427. The monoisotopic (exact) mass is 247 g/mol. The minimum atomic E-state index is 0.427. The highest BCUT2D eigenvalue weighted by Gasteiger charge is 2.11. The van der Waals surface area contributed by atoms with Crippen LogP contribution in [0.15, 0.2) is 16.9 Å². The van der Waals surface area contributed by atoms with Crippen LogP contribution < -0.4 is 5.32 Å². The van der Waals surface area contributed by atoms with Crippen LogP contribution in [0.25, 0.3) is 11.6 Å².